The molecule has 0 fully saturated rings. The smallest absolute Gasteiger partial charge is 0.214 e. The lowest BCUT2D eigenvalue weighted by Gasteiger charge is -2.06. The lowest BCUT2D eigenvalue weighted by atomic mass is 10.5. The Morgan fingerprint density at radius 2 is 2.21 bits per heavy atom. The lowest BCUT2D eigenvalue weighted by molar-refractivity contribution is 0.128. The van der Waals surface area contributed by atoms with Crippen molar-refractivity contribution in [1.82, 2.24) is 25.1 Å². The van der Waals surface area contributed by atoms with Crippen molar-refractivity contribution >= 4 is 17.6 Å². The van der Waals surface area contributed by atoms with Crippen molar-refractivity contribution in [2.75, 3.05) is 19.0 Å². The normalized spacial score (nSPS) is 10.7. The van der Waals surface area contributed by atoms with E-state index in [4.69, 9.17) is 4.74 Å². The van der Waals surface area contributed by atoms with E-state index >= 15 is 0 Å². The number of aromatic nitrogens is 5. The van der Waals surface area contributed by atoms with E-state index in [1.807, 2.05) is 27.0 Å². The van der Waals surface area contributed by atoms with Gasteiger partial charge in [0, 0.05) is 19.7 Å². The van der Waals surface area contributed by atoms with Crippen LogP contribution in [0.2, 0.25) is 0 Å². The first-order chi connectivity index (χ1) is 9.21. The summed E-state index contributed by atoms with van der Waals surface area (Å²) in [6.45, 7) is 4.83. The first kappa shape index (κ1) is 13.8. The lowest BCUT2D eigenvalue weighted by Crippen LogP contribution is -2.03. The second-order valence-electron chi connectivity index (χ2n) is 3.70. The molecule has 0 saturated heterocycles. The van der Waals surface area contributed by atoms with Gasteiger partial charge < -0.3 is 10.1 Å². The highest BCUT2D eigenvalue weighted by molar-refractivity contribution is 7.99. The molecule has 0 unspecified atom stereocenters. The largest absolute Gasteiger partial charge is 0.374 e. The molecule has 0 aliphatic heterocycles. The summed E-state index contributed by atoms with van der Waals surface area (Å²) in [5, 5.41) is 11.3. The van der Waals surface area contributed by atoms with Crippen LogP contribution >= 0.6 is 11.8 Å². The molecule has 19 heavy (non-hydrogen) atoms. The molecule has 0 bridgehead atoms. The van der Waals surface area contributed by atoms with Crippen molar-refractivity contribution in [2.24, 2.45) is 0 Å². The molecule has 0 spiro atoms. The Morgan fingerprint density at radius 1 is 1.37 bits per heavy atom. The van der Waals surface area contributed by atoms with Crippen molar-refractivity contribution in [2.45, 2.75) is 30.6 Å². The van der Waals surface area contributed by atoms with Gasteiger partial charge in [0.15, 0.2) is 5.82 Å². The molecule has 0 radical (unpaired) electrons. The van der Waals surface area contributed by atoms with Crippen LogP contribution in [0.4, 0.5) is 5.82 Å². The number of hydrogen-bond acceptors (Lipinski definition) is 7. The van der Waals surface area contributed by atoms with E-state index in [1.54, 1.807) is 0 Å². The number of rotatable bonds is 6. The molecular weight excluding hydrogens is 264 g/mol. The van der Waals surface area contributed by atoms with Crippen molar-refractivity contribution in [3.8, 4) is 0 Å². The Morgan fingerprint density at radius 3 is 2.84 bits per heavy atom. The maximum absolute atomic E-state index is 5.33. The molecule has 0 aromatic carbocycles. The van der Waals surface area contributed by atoms with Gasteiger partial charge in [-0.1, -0.05) is 0 Å². The Labute approximate surface area is 115 Å². The summed E-state index contributed by atoms with van der Waals surface area (Å²) in [6.07, 6.45) is 0. The highest BCUT2D eigenvalue weighted by atomic mass is 32.2. The first-order valence-electron chi connectivity index (χ1n) is 5.91. The molecule has 8 heteroatoms. The van der Waals surface area contributed by atoms with Gasteiger partial charge in [0.25, 0.3) is 0 Å². The standard InChI is InChI=1S/C11H16N6OS/c1-4-18-6-9-14-8(12-3)5-10(15-9)19-11-13-7(2)16-17-11/h5H,4,6H2,1-3H3,(H,12,14,15)(H,13,16,17). The third-order valence-electron chi connectivity index (χ3n) is 2.21. The van der Waals surface area contributed by atoms with Crippen LogP contribution in [-0.4, -0.2) is 38.8 Å². The fraction of sp³-hybridized carbons (Fsp3) is 0.455. The first-order valence-corrected chi connectivity index (χ1v) is 6.73. The highest BCUT2D eigenvalue weighted by Crippen LogP contribution is 2.24. The number of H-pyrrole nitrogens is 1. The molecule has 2 aromatic rings. The molecule has 0 aliphatic carbocycles. The van der Waals surface area contributed by atoms with Gasteiger partial charge >= 0.3 is 0 Å². The summed E-state index contributed by atoms with van der Waals surface area (Å²) < 4.78 is 5.33. The van der Waals surface area contributed by atoms with Gasteiger partial charge in [-0.3, -0.25) is 5.10 Å². The van der Waals surface area contributed by atoms with E-state index < -0.39 is 0 Å². The number of ether oxygens (including phenoxy) is 1. The van der Waals surface area contributed by atoms with Gasteiger partial charge in [-0.15, -0.1) is 5.10 Å². The molecule has 2 N–H and O–H groups in total. The van der Waals surface area contributed by atoms with Crippen LogP contribution in [0.1, 0.15) is 18.6 Å². The topological polar surface area (TPSA) is 88.6 Å². The SMILES string of the molecule is CCOCc1nc(NC)cc(Sc2n[nH]c(C)n2)n1. The van der Waals surface area contributed by atoms with E-state index in [0.29, 0.717) is 24.2 Å². The number of hydrogen-bond donors (Lipinski definition) is 2. The predicted molar refractivity (Wildman–Crippen MR) is 72.2 cm³/mol. The molecule has 0 amide bonds. The number of nitrogens with one attached hydrogen (secondary N) is 2. The molecule has 2 rings (SSSR count). The second kappa shape index (κ2) is 6.48. The van der Waals surface area contributed by atoms with E-state index in [0.717, 1.165) is 16.7 Å². The van der Waals surface area contributed by atoms with Crippen molar-refractivity contribution in [3.05, 3.63) is 17.7 Å². The van der Waals surface area contributed by atoms with Crippen LogP contribution in [0.25, 0.3) is 0 Å². The number of aryl methyl sites for hydroxylation is 1. The van der Waals surface area contributed by atoms with Crippen molar-refractivity contribution in [3.63, 3.8) is 0 Å². The van der Waals surface area contributed by atoms with Crippen LogP contribution in [0, 0.1) is 6.92 Å². The van der Waals surface area contributed by atoms with E-state index in [1.165, 1.54) is 11.8 Å². The summed E-state index contributed by atoms with van der Waals surface area (Å²) in [4.78, 5) is 13.0. The van der Waals surface area contributed by atoms with Gasteiger partial charge in [0.05, 0.1) is 0 Å². The van der Waals surface area contributed by atoms with Gasteiger partial charge in [-0.25, -0.2) is 15.0 Å². The predicted octanol–water partition coefficient (Wildman–Crippen LogP) is 1.63. The number of aromatic amines is 1. The second-order valence-corrected chi connectivity index (χ2v) is 4.69. The van der Waals surface area contributed by atoms with Crippen molar-refractivity contribution in [1.29, 1.82) is 0 Å². The van der Waals surface area contributed by atoms with Crippen LogP contribution in [0.15, 0.2) is 16.2 Å². The molecule has 0 saturated carbocycles. The highest BCUT2D eigenvalue weighted by Gasteiger charge is 2.08. The summed E-state index contributed by atoms with van der Waals surface area (Å²) in [7, 11) is 1.82. The third kappa shape index (κ3) is 3.90. The quantitative estimate of drug-likeness (QED) is 0.777. The monoisotopic (exact) mass is 280 g/mol. The fourth-order valence-electron chi connectivity index (χ4n) is 1.37. The minimum atomic E-state index is 0.395. The summed E-state index contributed by atoms with van der Waals surface area (Å²) in [5.41, 5.74) is 0. The maximum Gasteiger partial charge on any atom is 0.214 e. The molecule has 0 aliphatic rings. The summed E-state index contributed by atoms with van der Waals surface area (Å²) in [6, 6.07) is 1.85. The van der Waals surface area contributed by atoms with Gasteiger partial charge in [-0.05, 0) is 25.6 Å². The zero-order chi connectivity index (χ0) is 13.7. The molecule has 2 aromatic heterocycles. The zero-order valence-corrected chi connectivity index (χ0v) is 11.9. The van der Waals surface area contributed by atoms with Gasteiger partial charge in [0.2, 0.25) is 5.16 Å². The third-order valence-corrected chi connectivity index (χ3v) is 3.00. The Bertz CT molecular complexity index is 544. The van der Waals surface area contributed by atoms with Crippen LogP contribution in [0.3, 0.4) is 0 Å². The zero-order valence-electron chi connectivity index (χ0n) is 11.1. The van der Waals surface area contributed by atoms with E-state index in [-0.39, 0.29) is 0 Å². The average molecular weight is 280 g/mol. The minimum absolute atomic E-state index is 0.395. The van der Waals surface area contributed by atoms with Crippen LogP contribution in [0.5, 0.6) is 0 Å². The number of nitrogens with zero attached hydrogens (tertiary/aromatic N) is 4. The fourth-order valence-corrected chi connectivity index (χ4v) is 2.15. The Kier molecular flexibility index (Phi) is 4.69. The minimum Gasteiger partial charge on any atom is -0.374 e. The van der Waals surface area contributed by atoms with E-state index in [2.05, 4.69) is 30.5 Å². The summed E-state index contributed by atoms with van der Waals surface area (Å²) in [5.74, 6) is 2.17. The van der Waals surface area contributed by atoms with Crippen LogP contribution < -0.4 is 5.32 Å². The van der Waals surface area contributed by atoms with Gasteiger partial charge in [-0.2, -0.15) is 0 Å². The number of anilines is 1. The van der Waals surface area contributed by atoms with Crippen molar-refractivity contribution < 1.29 is 4.74 Å². The molecule has 0 atom stereocenters. The maximum atomic E-state index is 5.33. The summed E-state index contributed by atoms with van der Waals surface area (Å²) >= 11 is 1.39. The van der Waals surface area contributed by atoms with Crippen LogP contribution in [-0.2, 0) is 11.3 Å². The Hall–Kier alpha value is -1.67. The van der Waals surface area contributed by atoms with E-state index in [9.17, 15) is 0 Å². The molecule has 2 heterocycles. The molecular formula is C11H16N6OS. The van der Waals surface area contributed by atoms with Gasteiger partial charge in [0.1, 0.15) is 23.3 Å². The Balaban J connectivity index is 2.18. The average Bonchev–Trinajstić information content (AvgIpc) is 2.81. The molecule has 102 valence electrons. The molecule has 7 nitrogen and oxygen atoms in total.